The van der Waals surface area contributed by atoms with E-state index < -0.39 is 11.7 Å². The van der Waals surface area contributed by atoms with Crippen LogP contribution in [0.25, 0.3) is 0 Å². The minimum absolute atomic E-state index is 0.131. The molecule has 0 spiro atoms. The number of pyridine rings is 1. The molecule has 2 fully saturated rings. The molecule has 0 unspecified atom stereocenters. The van der Waals surface area contributed by atoms with Crippen LogP contribution in [0.5, 0.6) is 5.88 Å². The summed E-state index contributed by atoms with van der Waals surface area (Å²) in [5.41, 5.74) is -0.914. The molecule has 1 saturated carbocycles. The lowest BCUT2D eigenvalue weighted by atomic mass is 9.96. The molecule has 1 amide bonds. The summed E-state index contributed by atoms with van der Waals surface area (Å²) in [5.74, 6) is 0.753. The first-order valence-corrected chi connectivity index (χ1v) is 8.23. The molecule has 0 radical (unpaired) electrons. The van der Waals surface area contributed by atoms with Gasteiger partial charge in [-0.3, -0.25) is 4.79 Å². The van der Waals surface area contributed by atoms with E-state index in [4.69, 9.17) is 4.74 Å². The van der Waals surface area contributed by atoms with E-state index >= 15 is 0 Å². The Balaban J connectivity index is 1.44. The normalized spacial score (nSPS) is 20.8. The molecule has 7 heteroatoms. The van der Waals surface area contributed by atoms with E-state index in [0.717, 1.165) is 51.0 Å². The fourth-order valence-electron chi connectivity index (χ4n) is 2.92. The molecule has 1 aromatic heterocycles. The first-order valence-electron chi connectivity index (χ1n) is 8.23. The van der Waals surface area contributed by atoms with Crippen LogP contribution in [0.2, 0.25) is 0 Å². The van der Waals surface area contributed by atoms with E-state index in [9.17, 15) is 18.0 Å². The number of ether oxygens (including phenoxy) is 1. The molecule has 0 N–H and O–H groups in total. The van der Waals surface area contributed by atoms with Gasteiger partial charge in [0.1, 0.15) is 0 Å². The van der Waals surface area contributed by atoms with Gasteiger partial charge < -0.3 is 9.64 Å². The molecule has 0 atom stereocenters. The maximum atomic E-state index is 12.5. The van der Waals surface area contributed by atoms with Crippen molar-refractivity contribution in [2.45, 2.75) is 38.8 Å². The first kappa shape index (κ1) is 17.0. The van der Waals surface area contributed by atoms with Crippen molar-refractivity contribution in [1.82, 2.24) is 9.88 Å². The fraction of sp³-hybridized carbons (Fsp3) is 0.647. The predicted molar refractivity (Wildman–Crippen MR) is 81.4 cm³/mol. The zero-order chi connectivity index (χ0) is 17.4. The number of likely N-dealkylation sites (tertiary alicyclic amines) is 1. The van der Waals surface area contributed by atoms with Crippen molar-refractivity contribution in [2.75, 3.05) is 19.7 Å². The molecule has 2 aliphatic rings. The van der Waals surface area contributed by atoms with Gasteiger partial charge in [0, 0.05) is 30.8 Å². The minimum Gasteiger partial charge on any atom is -0.477 e. The Bertz CT molecular complexity index is 589. The second kappa shape index (κ2) is 6.26. The van der Waals surface area contributed by atoms with Gasteiger partial charge in [0.2, 0.25) is 11.8 Å². The van der Waals surface area contributed by atoms with Gasteiger partial charge in [0.15, 0.2) is 0 Å². The minimum atomic E-state index is -4.39. The summed E-state index contributed by atoms with van der Waals surface area (Å²) in [4.78, 5) is 17.9. The average Bonchev–Trinajstić information content (AvgIpc) is 3.31. The summed E-state index contributed by atoms with van der Waals surface area (Å²) in [6.07, 6.45) is 0.0594. The van der Waals surface area contributed by atoms with Crippen LogP contribution in [0.1, 0.15) is 38.2 Å². The molecule has 132 valence electrons. The summed E-state index contributed by atoms with van der Waals surface area (Å²) < 4.78 is 42.9. The third kappa shape index (κ3) is 3.82. The zero-order valence-corrected chi connectivity index (χ0v) is 13.6. The molecular formula is C17H21F3N2O2. The van der Waals surface area contributed by atoms with Crippen LogP contribution in [-0.2, 0) is 11.0 Å². The number of carbonyl (C=O) groups excluding carboxylic acids is 1. The van der Waals surface area contributed by atoms with E-state index in [0.29, 0.717) is 12.5 Å². The van der Waals surface area contributed by atoms with Gasteiger partial charge in [-0.15, -0.1) is 0 Å². The lowest BCUT2D eigenvalue weighted by Gasteiger charge is -2.33. The number of nitrogens with zero attached hydrogens (tertiary/aromatic N) is 2. The Morgan fingerprint density at radius 3 is 2.50 bits per heavy atom. The van der Waals surface area contributed by atoms with Gasteiger partial charge in [-0.2, -0.15) is 13.2 Å². The van der Waals surface area contributed by atoms with Gasteiger partial charge in [0.25, 0.3) is 0 Å². The van der Waals surface area contributed by atoms with Gasteiger partial charge in [-0.1, -0.05) is 6.92 Å². The Hall–Kier alpha value is -1.79. The summed E-state index contributed by atoms with van der Waals surface area (Å²) in [7, 11) is 0. The highest BCUT2D eigenvalue weighted by Crippen LogP contribution is 2.46. The maximum Gasteiger partial charge on any atom is 0.417 e. The van der Waals surface area contributed by atoms with Crippen LogP contribution < -0.4 is 4.74 Å². The molecule has 1 saturated heterocycles. The molecule has 0 bridgehead atoms. The van der Waals surface area contributed by atoms with E-state index in [2.05, 4.69) is 4.98 Å². The number of carbonyl (C=O) groups is 1. The van der Waals surface area contributed by atoms with Crippen molar-refractivity contribution in [3.63, 3.8) is 0 Å². The molecule has 0 aromatic carbocycles. The lowest BCUT2D eigenvalue weighted by Crippen LogP contribution is -2.42. The quantitative estimate of drug-likeness (QED) is 0.841. The SMILES string of the molecule is CC1(C(=O)N2CCC(COc3ccc(C(F)(F)F)cn3)CC2)CC1. The first-order chi connectivity index (χ1) is 11.3. The zero-order valence-electron chi connectivity index (χ0n) is 13.6. The van der Waals surface area contributed by atoms with Crippen LogP contribution in [0.4, 0.5) is 13.2 Å². The summed E-state index contributed by atoms with van der Waals surface area (Å²) in [5, 5.41) is 0. The third-order valence-corrected chi connectivity index (χ3v) is 4.95. The molecule has 1 aliphatic heterocycles. The van der Waals surface area contributed by atoms with Crippen molar-refractivity contribution >= 4 is 5.91 Å². The number of piperidine rings is 1. The Morgan fingerprint density at radius 1 is 1.33 bits per heavy atom. The highest BCUT2D eigenvalue weighted by molar-refractivity contribution is 5.84. The molecule has 4 nitrogen and oxygen atoms in total. The smallest absolute Gasteiger partial charge is 0.417 e. The lowest BCUT2D eigenvalue weighted by molar-refractivity contribution is -0.138. The predicted octanol–water partition coefficient (Wildman–Crippen LogP) is 3.52. The van der Waals surface area contributed by atoms with E-state index in [1.165, 1.54) is 6.07 Å². The number of hydrogen-bond acceptors (Lipinski definition) is 3. The molecule has 2 heterocycles. The van der Waals surface area contributed by atoms with Crippen molar-refractivity contribution in [3.05, 3.63) is 23.9 Å². The van der Waals surface area contributed by atoms with Crippen LogP contribution in [0.3, 0.4) is 0 Å². The van der Waals surface area contributed by atoms with Gasteiger partial charge >= 0.3 is 6.18 Å². The third-order valence-electron chi connectivity index (χ3n) is 4.95. The number of aromatic nitrogens is 1. The largest absolute Gasteiger partial charge is 0.477 e. The maximum absolute atomic E-state index is 12.5. The molecular weight excluding hydrogens is 321 g/mol. The molecule has 1 aromatic rings. The van der Waals surface area contributed by atoms with E-state index in [-0.39, 0.29) is 17.2 Å². The topological polar surface area (TPSA) is 42.4 Å². The molecule has 24 heavy (non-hydrogen) atoms. The second-order valence-electron chi connectivity index (χ2n) is 6.99. The number of hydrogen-bond donors (Lipinski definition) is 0. The van der Waals surface area contributed by atoms with Crippen LogP contribution in [0, 0.1) is 11.3 Å². The Morgan fingerprint density at radius 2 is 2.00 bits per heavy atom. The molecule has 1 aliphatic carbocycles. The molecule has 3 rings (SSSR count). The number of rotatable bonds is 4. The average molecular weight is 342 g/mol. The van der Waals surface area contributed by atoms with Crippen molar-refractivity contribution in [1.29, 1.82) is 0 Å². The summed E-state index contributed by atoms with van der Waals surface area (Å²) in [6.45, 7) is 3.88. The van der Waals surface area contributed by atoms with Crippen molar-refractivity contribution in [3.8, 4) is 5.88 Å². The van der Waals surface area contributed by atoms with E-state index in [1.54, 1.807) is 0 Å². The Kier molecular flexibility index (Phi) is 4.44. The van der Waals surface area contributed by atoms with Gasteiger partial charge in [0.05, 0.1) is 12.2 Å². The van der Waals surface area contributed by atoms with Crippen molar-refractivity contribution < 1.29 is 22.7 Å². The number of halogens is 3. The van der Waals surface area contributed by atoms with Gasteiger partial charge in [-0.25, -0.2) is 4.98 Å². The van der Waals surface area contributed by atoms with Crippen LogP contribution in [0.15, 0.2) is 18.3 Å². The summed E-state index contributed by atoms with van der Waals surface area (Å²) >= 11 is 0. The standard InChI is InChI=1S/C17H21F3N2O2/c1-16(6-7-16)15(23)22-8-4-12(5-9-22)11-24-14-3-2-13(10-21-14)17(18,19)20/h2-3,10,12H,4-9,11H2,1H3. The van der Waals surface area contributed by atoms with Crippen LogP contribution >= 0.6 is 0 Å². The highest BCUT2D eigenvalue weighted by atomic mass is 19.4. The summed E-state index contributed by atoms with van der Waals surface area (Å²) in [6, 6.07) is 2.22. The number of alkyl halides is 3. The fourth-order valence-corrected chi connectivity index (χ4v) is 2.92. The monoisotopic (exact) mass is 342 g/mol. The van der Waals surface area contributed by atoms with E-state index in [1.807, 2.05) is 11.8 Å². The van der Waals surface area contributed by atoms with Crippen LogP contribution in [-0.4, -0.2) is 35.5 Å². The van der Waals surface area contributed by atoms with Gasteiger partial charge in [-0.05, 0) is 37.7 Å². The highest BCUT2D eigenvalue weighted by Gasteiger charge is 2.47. The Labute approximate surface area is 139 Å². The second-order valence-corrected chi connectivity index (χ2v) is 6.99. The van der Waals surface area contributed by atoms with Crippen molar-refractivity contribution in [2.24, 2.45) is 11.3 Å². The number of amides is 1.